The third kappa shape index (κ3) is 4.20. The molecule has 4 heteroatoms. The lowest BCUT2D eigenvalue weighted by molar-refractivity contribution is 0.110. The minimum absolute atomic E-state index is 0.483. The minimum atomic E-state index is 0.483. The van der Waals surface area contributed by atoms with Gasteiger partial charge in [0.05, 0.1) is 6.61 Å². The lowest BCUT2D eigenvalue weighted by atomic mass is 10.2. The lowest BCUT2D eigenvalue weighted by Gasteiger charge is -2.10. The van der Waals surface area contributed by atoms with Crippen molar-refractivity contribution in [2.75, 3.05) is 19.8 Å². The number of nitrogens with two attached hydrogens (primary N) is 1. The van der Waals surface area contributed by atoms with Gasteiger partial charge < -0.3 is 15.2 Å². The first-order valence-electron chi connectivity index (χ1n) is 4.97. The molecule has 3 nitrogen and oxygen atoms in total. The van der Waals surface area contributed by atoms with E-state index >= 15 is 0 Å². The molecule has 0 heterocycles. The molecule has 15 heavy (non-hydrogen) atoms. The fourth-order valence-electron chi connectivity index (χ4n) is 1.19. The SMILES string of the molecule is CCOCCOc1cc(Br)ccc1CN. The predicted molar refractivity (Wildman–Crippen MR) is 64.0 cm³/mol. The van der Waals surface area contributed by atoms with E-state index in [9.17, 15) is 0 Å². The van der Waals surface area contributed by atoms with Crippen LogP contribution >= 0.6 is 15.9 Å². The van der Waals surface area contributed by atoms with Gasteiger partial charge in [0.25, 0.3) is 0 Å². The zero-order valence-corrected chi connectivity index (χ0v) is 10.4. The number of hydrogen-bond donors (Lipinski definition) is 1. The van der Waals surface area contributed by atoms with Gasteiger partial charge in [0, 0.05) is 23.2 Å². The Labute approximate surface area is 98.7 Å². The fourth-order valence-corrected chi connectivity index (χ4v) is 1.53. The Morgan fingerprint density at radius 1 is 1.33 bits per heavy atom. The molecule has 1 aromatic carbocycles. The largest absolute Gasteiger partial charge is 0.491 e. The molecule has 0 saturated carbocycles. The quantitative estimate of drug-likeness (QED) is 0.810. The molecular formula is C11H16BrNO2. The Kier molecular flexibility index (Phi) is 5.68. The molecule has 0 saturated heterocycles. The summed E-state index contributed by atoms with van der Waals surface area (Å²) in [5.74, 6) is 0.826. The molecule has 2 N–H and O–H groups in total. The number of rotatable bonds is 6. The van der Waals surface area contributed by atoms with Crippen LogP contribution < -0.4 is 10.5 Å². The smallest absolute Gasteiger partial charge is 0.125 e. The van der Waals surface area contributed by atoms with Crippen LogP contribution in [0.3, 0.4) is 0 Å². The molecule has 0 unspecified atom stereocenters. The highest BCUT2D eigenvalue weighted by Crippen LogP contribution is 2.23. The Morgan fingerprint density at radius 2 is 2.13 bits per heavy atom. The number of hydrogen-bond acceptors (Lipinski definition) is 3. The van der Waals surface area contributed by atoms with Gasteiger partial charge in [0.15, 0.2) is 0 Å². The van der Waals surface area contributed by atoms with Crippen LogP contribution in [0.1, 0.15) is 12.5 Å². The van der Waals surface area contributed by atoms with Gasteiger partial charge in [-0.3, -0.25) is 0 Å². The van der Waals surface area contributed by atoms with E-state index in [1.165, 1.54) is 0 Å². The van der Waals surface area contributed by atoms with Crippen molar-refractivity contribution in [1.29, 1.82) is 0 Å². The van der Waals surface area contributed by atoms with Crippen molar-refractivity contribution < 1.29 is 9.47 Å². The topological polar surface area (TPSA) is 44.5 Å². The molecule has 0 bridgehead atoms. The van der Waals surface area contributed by atoms with E-state index < -0.39 is 0 Å². The zero-order valence-electron chi connectivity index (χ0n) is 8.83. The van der Waals surface area contributed by atoms with E-state index in [4.69, 9.17) is 15.2 Å². The van der Waals surface area contributed by atoms with Gasteiger partial charge in [-0.15, -0.1) is 0 Å². The molecule has 0 amide bonds. The molecule has 0 atom stereocenters. The van der Waals surface area contributed by atoms with E-state index in [2.05, 4.69) is 15.9 Å². The summed E-state index contributed by atoms with van der Waals surface area (Å²) in [5.41, 5.74) is 6.61. The molecular weight excluding hydrogens is 258 g/mol. The molecule has 0 aromatic heterocycles. The van der Waals surface area contributed by atoms with Crippen LogP contribution in [0.5, 0.6) is 5.75 Å². The van der Waals surface area contributed by atoms with Crippen LogP contribution in [0.15, 0.2) is 22.7 Å². The zero-order chi connectivity index (χ0) is 11.1. The molecule has 1 rings (SSSR count). The molecule has 1 aromatic rings. The van der Waals surface area contributed by atoms with Gasteiger partial charge in [-0.2, -0.15) is 0 Å². The third-order valence-corrected chi connectivity index (χ3v) is 2.43. The highest BCUT2D eigenvalue weighted by molar-refractivity contribution is 9.10. The second-order valence-electron chi connectivity index (χ2n) is 3.00. The highest BCUT2D eigenvalue weighted by Gasteiger charge is 2.02. The van der Waals surface area contributed by atoms with Crippen LogP contribution in [-0.2, 0) is 11.3 Å². The first-order valence-corrected chi connectivity index (χ1v) is 5.76. The average molecular weight is 274 g/mol. The maximum absolute atomic E-state index is 5.60. The maximum atomic E-state index is 5.60. The van der Waals surface area contributed by atoms with Crippen molar-refractivity contribution in [3.05, 3.63) is 28.2 Å². The number of ether oxygens (including phenoxy) is 2. The fraction of sp³-hybridized carbons (Fsp3) is 0.455. The summed E-state index contributed by atoms with van der Waals surface area (Å²) in [6.07, 6.45) is 0. The Morgan fingerprint density at radius 3 is 2.80 bits per heavy atom. The molecule has 84 valence electrons. The van der Waals surface area contributed by atoms with Gasteiger partial charge in [0.2, 0.25) is 0 Å². The average Bonchev–Trinajstić information content (AvgIpc) is 2.25. The maximum Gasteiger partial charge on any atom is 0.125 e. The summed E-state index contributed by atoms with van der Waals surface area (Å²) in [4.78, 5) is 0. The molecule has 0 fully saturated rings. The highest BCUT2D eigenvalue weighted by atomic mass is 79.9. The first-order chi connectivity index (χ1) is 7.27. The van der Waals surface area contributed by atoms with Crippen LogP contribution in [-0.4, -0.2) is 19.8 Å². The number of benzene rings is 1. The van der Waals surface area contributed by atoms with Crippen LogP contribution in [0.2, 0.25) is 0 Å². The van der Waals surface area contributed by atoms with E-state index in [0.29, 0.717) is 26.4 Å². The second kappa shape index (κ2) is 6.82. The summed E-state index contributed by atoms with van der Waals surface area (Å²) in [7, 11) is 0. The van der Waals surface area contributed by atoms with E-state index in [1.807, 2.05) is 25.1 Å². The summed E-state index contributed by atoms with van der Waals surface area (Å²) in [6.45, 7) is 4.32. The van der Waals surface area contributed by atoms with Crippen molar-refractivity contribution in [3.8, 4) is 5.75 Å². The van der Waals surface area contributed by atoms with E-state index in [1.54, 1.807) is 0 Å². The molecule has 0 spiro atoms. The summed E-state index contributed by atoms with van der Waals surface area (Å²) >= 11 is 3.40. The summed E-state index contributed by atoms with van der Waals surface area (Å²) in [5, 5.41) is 0. The van der Waals surface area contributed by atoms with Crippen LogP contribution in [0.4, 0.5) is 0 Å². The van der Waals surface area contributed by atoms with Crippen LogP contribution in [0.25, 0.3) is 0 Å². The monoisotopic (exact) mass is 273 g/mol. The summed E-state index contributed by atoms with van der Waals surface area (Å²) < 4.78 is 11.8. The van der Waals surface area contributed by atoms with Gasteiger partial charge >= 0.3 is 0 Å². The van der Waals surface area contributed by atoms with Crippen molar-refractivity contribution in [2.45, 2.75) is 13.5 Å². The van der Waals surface area contributed by atoms with Gasteiger partial charge in [0.1, 0.15) is 12.4 Å². The summed E-state index contributed by atoms with van der Waals surface area (Å²) in [6, 6.07) is 5.84. The number of halogens is 1. The van der Waals surface area contributed by atoms with Crippen molar-refractivity contribution >= 4 is 15.9 Å². The van der Waals surface area contributed by atoms with Gasteiger partial charge in [-0.05, 0) is 19.1 Å². The van der Waals surface area contributed by atoms with Gasteiger partial charge in [-0.25, -0.2) is 0 Å². The Balaban J connectivity index is 2.54. The minimum Gasteiger partial charge on any atom is -0.491 e. The van der Waals surface area contributed by atoms with Crippen molar-refractivity contribution in [1.82, 2.24) is 0 Å². The molecule has 0 aliphatic heterocycles. The predicted octanol–water partition coefficient (Wildman–Crippen LogP) is 2.32. The molecule has 0 aliphatic carbocycles. The van der Waals surface area contributed by atoms with E-state index in [0.717, 1.165) is 15.8 Å². The normalized spacial score (nSPS) is 10.3. The van der Waals surface area contributed by atoms with Crippen molar-refractivity contribution in [3.63, 3.8) is 0 Å². The second-order valence-corrected chi connectivity index (χ2v) is 3.92. The van der Waals surface area contributed by atoms with Crippen molar-refractivity contribution in [2.24, 2.45) is 5.73 Å². The first kappa shape index (κ1) is 12.5. The van der Waals surface area contributed by atoms with E-state index in [-0.39, 0.29) is 0 Å². The Hall–Kier alpha value is -0.580. The Bertz CT molecular complexity index is 305. The molecule has 0 radical (unpaired) electrons. The lowest BCUT2D eigenvalue weighted by Crippen LogP contribution is -2.08. The molecule has 0 aliphatic rings. The standard InChI is InChI=1S/C11H16BrNO2/c1-2-14-5-6-15-11-7-10(12)4-3-9(11)8-13/h3-4,7H,2,5-6,8,13H2,1H3. The third-order valence-electron chi connectivity index (χ3n) is 1.94. The van der Waals surface area contributed by atoms with Gasteiger partial charge in [-0.1, -0.05) is 22.0 Å². The van der Waals surface area contributed by atoms with Crippen LogP contribution in [0, 0.1) is 0 Å².